The van der Waals surface area contributed by atoms with Crippen LogP contribution in [-0.2, 0) is 11.2 Å². The van der Waals surface area contributed by atoms with E-state index in [1.54, 1.807) is 6.92 Å². The number of alkyl halides is 2. The lowest BCUT2D eigenvalue weighted by Gasteiger charge is -2.17. The predicted octanol–water partition coefficient (Wildman–Crippen LogP) is 0.201. The minimum Gasteiger partial charge on any atom is -0.394 e. The van der Waals surface area contributed by atoms with Crippen LogP contribution in [0.1, 0.15) is 18.7 Å². The number of aryl methyl sites for hydroxylation is 1. The minimum atomic E-state index is -1.46. The van der Waals surface area contributed by atoms with E-state index in [9.17, 15) is 13.6 Å². The normalized spacial score (nSPS) is 29.8. The van der Waals surface area contributed by atoms with E-state index in [0.717, 1.165) is 4.57 Å². The van der Waals surface area contributed by atoms with Crippen molar-refractivity contribution in [1.29, 1.82) is 0 Å². The Bertz CT molecular complexity index is 537. The van der Waals surface area contributed by atoms with Crippen LogP contribution in [0.25, 0.3) is 0 Å². The number of aromatic nitrogens is 2. The zero-order valence-corrected chi connectivity index (χ0v) is 11.0. The van der Waals surface area contributed by atoms with E-state index in [0.29, 0.717) is 5.56 Å². The van der Waals surface area contributed by atoms with Gasteiger partial charge < -0.3 is 15.6 Å². The van der Waals surface area contributed by atoms with Crippen molar-refractivity contribution >= 4 is 5.82 Å². The molecular formula is C12H17F2N3O3. The number of hydrogen-bond donors (Lipinski definition) is 2. The standard InChI is InChI=1S/C12H17F2N3O3/c1-6-8(5-18)20-11(9(6)14)17-4-7(2-3-13)10(15)16-12(17)19/h4,6,8-9,11,18H,2-3,5H2,1H3,(H2,15,16,19). The molecule has 1 aromatic heterocycles. The van der Waals surface area contributed by atoms with Gasteiger partial charge in [0.1, 0.15) is 5.82 Å². The van der Waals surface area contributed by atoms with Crippen molar-refractivity contribution in [1.82, 2.24) is 9.55 Å². The Labute approximate surface area is 114 Å². The number of nitrogens with two attached hydrogens (primary N) is 1. The molecule has 8 heteroatoms. The summed E-state index contributed by atoms with van der Waals surface area (Å²) in [5.74, 6) is -0.622. The highest BCUT2D eigenvalue weighted by Gasteiger charge is 2.43. The summed E-state index contributed by atoms with van der Waals surface area (Å²) in [6.07, 6.45) is -2.07. The molecular weight excluding hydrogens is 272 g/mol. The Morgan fingerprint density at radius 1 is 1.60 bits per heavy atom. The topological polar surface area (TPSA) is 90.4 Å². The summed E-state index contributed by atoms with van der Waals surface area (Å²) in [5.41, 5.74) is 5.09. The zero-order chi connectivity index (χ0) is 14.9. The van der Waals surface area contributed by atoms with Gasteiger partial charge in [-0.3, -0.25) is 8.96 Å². The third kappa shape index (κ3) is 2.53. The zero-order valence-electron chi connectivity index (χ0n) is 11.0. The van der Waals surface area contributed by atoms with Crippen molar-refractivity contribution < 1.29 is 18.6 Å². The SMILES string of the molecule is CC1C(CO)OC(n2cc(CCF)c(N)nc2=O)C1F. The lowest BCUT2D eigenvalue weighted by atomic mass is 10.0. The van der Waals surface area contributed by atoms with E-state index in [4.69, 9.17) is 15.6 Å². The molecule has 3 N–H and O–H groups in total. The smallest absolute Gasteiger partial charge is 0.351 e. The molecule has 0 saturated carbocycles. The highest BCUT2D eigenvalue weighted by molar-refractivity contribution is 5.36. The highest BCUT2D eigenvalue weighted by atomic mass is 19.1. The molecule has 6 nitrogen and oxygen atoms in total. The average Bonchev–Trinajstić information content (AvgIpc) is 2.70. The summed E-state index contributed by atoms with van der Waals surface area (Å²) >= 11 is 0. The monoisotopic (exact) mass is 289 g/mol. The first-order chi connectivity index (χ1) is 9.49. The van der Waals surface area contributed by atoms with Gasteiger partial charge in [0, 0.05) is 24.1 Å². The van der Waals surface area contributed by atoms with Gasteiger partial charge in [-0.15, -0.1) is 0 Å². The van der Waals surface area contributed by atoms with E-state index >= 15 is 0 Å². The van der Waals surface area contributed by atoms with Gasteiger partial charge in [-0.05, 0) is 0 Å². The van der Waals surface area contributed by atoms with Gasteiger partial charge in [-0.25, -0.2) is 9.18 Å². The third-order valence-electron chi connectivity index (χ3n) is 3.55. The van der Waals surface area contributed by atoms with Gasteiger partial charge in [-0.1, -0.05) is 6.92 Å². The quantitative estimate of drug-likeness (QED) is 0.826. The van der Waals surface area contributed by atoms with Gasteiger partial charge in [0.05, 0.1) is 19.4 Å². The molecule has 0 radical (unpaired) electrons. The molecule has 112 valence electrons. The molecule has 20 heavy (non-hydrogen) atoms. The van der Waals surface area contributed by atoms with Crippen molar-refractivity contribution in [2.24, 2.45) is 5.92 Å². The fourth-order valence-corrected chi connectivity index (χ4v) is 2.27. The van der Waals surface area contributed by atoms with Crippen LogP contribution >= 0.6 is 0 Å². The fraction of sp³-hybridized carbons (Fsp3) is 0.667. The van der Waals surface area contributed by atoms with Gasteiger partial charge in [0.15, 0.2) is 12.4 Å². The van der Waals surface area contributed by atoms with Crippen LogP contribution in [0.2, 0.25) is 0 Å². The molecule has 4 unspecified atom stereocenters. The second-order valence-corrected chi connectivity index (χ2v) is 4.83. The van der Waals surface area contributed by atoms with E-state index in [1.165, 1.54) is 6.20 Å². The first-order valence-electron chi connectivity index (χ1n) is 6.33. The number of anilines is 1. The van der Waals surface area contributed by atoms with Gasteiger partial charge in [0.2, 0.25) is 0 Å². The maximum atomic E-state index is 14.2. The molecule has 1 aromatic rings. The lowest BCUT2D eigenvalue weighted by Crippen LogP contribution is -2.32. The van der Waals surface area contributed by atoms with Crippen molar-refractivity contribution in [3.05, 3.63) is 22.2 Å². The summed E-state index contributed by atoms with van der Waals surface area (Å²) in [4.78, 5) is 15.4. The molecule has 0 amide bonds. The molecule has 0 spiro atoms. The predicted molar refractivity (Wildman–Crippen MR) is 67.6 cm³/mol. The first-order valence-corrected chi connectivity index (χ1v) is 6.33. The van der Waals surface area contributed by atoms with E-state index in [2.05, 4.69) is 4.98 Å². The van der Waals surface area contributed by atoms with Crippen LogP contribution in [0.5, 0.6) is 0 Å². The maximum Gasteiger partial charge on any atom is 0.351 e. The van der Waals surface area contributed by atoms with Crippen LogP contribution in [-0.4, -0.2) is 40.2 Å². The number of aliphatic hydroxyl groups excluding tert-OH is 1. The Balaban J connectivity index is 2.38. The molecule has 2 heterocycles. The van der Waals surface area contributed by atoms with Crippen LogP contribution in [0.4, 0.5) is 14.6 Å². The number of ether oxygens (including phenoxy) is 1. The molecule has 1 saturated heterocycles. The second kappa shape index (κ2) is 5.84. The number of rotatable bonds is 4. The molecule has 4 atom stereocenters. The van der Waals surface area contributed by atoms with Gasteiger partial charge in [-0.2, -0.15) is 4.98 Å². The lowest BCUT2D eigenvalue weighted by molar-refractivity contribution is -0.0419. The summed E-state index contributed by atoms with van der Waals surface area (Å²) in [5, 5.41) is 9.11. The summed E-state index contributed by atoms with van der Waals surface area (Å²) in [6.45, 7) is 0.584. The number of nitrogen functional groups attached to an aromatic ring is 1. The molecule has 1 aliphatic rings. The van der Waals surface area contributed by atoms with Gasteiger partial charge in [0.25, 0.3) is 0 Å². The Morgan fingerprint density at radius 3 is 2.85 bits per heavy atom. The Kier molecular flexibility index (Phi) is 4.34. The van der Waals surface area contributed by atoms with Crippen molar-refractivity contribution in [2.75, 3.05) is 19.0 Å². The van der Waals surface area contributed by atoms with E-state index in [-0.39, 0.29) is 18.8 Å². The molecule has 1 fully saturated rings. The number of halogens is 2. The van der Waals surface area contributed by atoms with Crippen LogP contribution in [0, 0.1) is 5.92 Å². The first kappa shape index (κ1) is 14.9. The largest absolute Gasteiger partial charge is 0.394 e. The number of hydrogen-bond acceptors (Lipinski definition) is 5. The molecule has 2 rings (SSSR count). The molecule has 0 aromatic carbocycles. The van der Waals surface area contributed by atoms with Crippen molar-refractivity contribution in [2.45, 2.75) is 31.8 Å². The van der Waals surface area contributed by atoms with E-state index in [1.807, 2.05) is 0 Å². The number of aliphatic hydroxyl groups is 1. The van der Waals surface area contributed by atoms with Crippen molar-refractivity contribution in [3.63, 3.8) is 0 Å². The Hall–Kier alpha value is -1.54. The fourth-order valence-electron chi connectivity index (χ4n) is 2.27. The van der Waals surface area contributed by atoms with Crippen LogP contribution in [0.3, 0.4) is 0 Å². The van der Waals surface area contributed by atoms with E-state index < -0.39 is 36.8 Å². The molecule has 0 aliphatic carbocycles. The third-order valence-corrected chi connectivity index (χ3v) is 3.55. The molecule has 0 bridgehead atoms. The summed E-state index contributed by atoms with van der Waals surface area (Å²) in [7, 11) is 0. The second-order valence-electron chi connectivity index (χ2n) is 4.83. The van der Waals surface area contributed by atoms with Gasteiger partial charge >= 0.3 is 5.69 Å². The summed E-state index contributed by atoms with van der Waals surface area (Å²) < 4.78 is 32.9. The maximum absolute atomic E-state index is 14.2. The molecule has 1 aliphatic heterocycles. The van der Waals surface area contributed by atoms with Crippen LogP contribution in [0.15, 0.2) is 11.0 Å². The Morgan fingerprint density at radius 2 is 2.30 bits per heavy atom. The minimum absolute atomic E-state index is 0.0121. The average molecular weight is 289 g/mol. The van der Waals surface area contributed by atoms with Crippen LogP contribution < -0.4 is 11.4 Å². The van der Waals surface area contributed by atoms with Crippen molar-refractivity contribution in [3.8, 4) is 0 Å². The summed E-state index contributed by atoms with van der Waals surface area (Å²) in [6, 6.07) is 0. The highest BCUT2D eigenvalue weighted by Crippen LogP contribution is 2.35. The number of nitrogens with zero attached hydrogens (tertiary/aromatic N) is 2.